The molecule has 1 aromatic carbocycles. The van der Waals surface area contributed by atoms with E-state index in [1.807, 2.05) is 30.3 Å². The van der Waals surface area contributed by atoms with Gasteiger partial charge in [-0.3, -0.25) is 19.1 Å². The Morgan fingerprint density at radius 2 is 1.91 bits per heavy atom. The predicted octanol–water partition coefficient (Wildman–Crippen LogP) is 3.97. The fourth-order valence-electron chi connectivity index (χ4n) is 4.39. The molecule has 1 fully saturated rings. The highest BCUT2D eigenvalue weighted by molar-refractivity contribution is 6.53. The van der Waals surface area contributed by atoms with Gasteiger partial charge in [0.2, 0.25) is 5.91 Å². The number of H-pyrrole nitrogens is 1. The summed E-state index contributed by atoms with van der Waals surface area (Å²) in [5, 5.41) is 0. The van der Waals surface area contributed by atoms with Crippen LogP contribution in [0.5, 0.6) is 0 Å². The highest BCUT2D eigenvalue weighted by Crippen LogP contribution is 2.64. The highest BCUT2D eigenvalue weighted by Gasteiger charge is 2.69. The van der Waals surface area contributed by atoms with E-state index in [9.17, 15) is 14.4 Å². The Hall–Kier alpha value is -2.51. The fraction of sp³-hybridized carbons (Fsp3) is 0.458. The molecule has 2 aromatic rings. The molecular formula is C24H28Cl2N4O3. The molecule has 1 saturated carbocycles. The number of allylic oxidation sites excluding steroid dienone is 1. The standard InChI is InChI=1S/C24H28Cl2N4O3/c1-23(15-24(23,25)26)21(32)29(13-12-16-8-4-2-5-9-16)18-19(27)30(22(33)28-20(18)31)14-17-10-6-3-7-11-17/h3,6-8,10-11H,2,4-5,9,12-15,27H2,1H3,(H,28,31,33). The highest BCUT2D eigenvalue weighted by atomic mass is 35.5. The third-order valence-electron chi connectivity index (χ3n) is 6.68. The number of nitrogens with two attached hydrogens (primary N) is 1. The van der Waals surface area contributed by atoms with Gasteiger partial charge in [0.05, 0.1) is 12.0 Å². The van der Waals surface area contributed by atoms with Crippen molar-refractivity contribution in [2.24, 2.45) is 5.41 Å². The molecule has 0 spiro atoms. The molecule has 9 heteroatoms. The average Bonchev–Trinajstić information content (AvgIpc) is 3.32. The van der Waals surface area contributed by atoms with Crippen molar-refractivity contribution in [1.82, 2.24) is 9.55 Å². The summed E-state index contributed by atoms with van der Waals surface area (Å²) in [6.07, 6.45) is 7.32. The van der Waals surface area contributed by atoms with E-state index in [1.54, 1.807) is 6.92 Å². The monoisotopic (exact) mass is 490 g/mol. The van der Waals surface area contributed by atoms with Gasteiger partial charge in [-0.2, -0.15) is 0 Å². The predicted molar refractivity (Wildman–Crippen MR) is 132 cm³/mol. The number of nitrogens with zero attached hydrogens (tertiary/aromatic N) is 2. The molecule has 0 aliphatic heterocycles. The Morgan fingerprint density at radius 1 is 1.21 bits per heavy atom. The summed E-state index contributed by atoms with van der Waals surface area (Å²) < 4.78 is 0.0720. The van der Waals surface area contributed by atoms with E-state index in [1.165, 1.54) is 15.0 Å². The average molecular weight is 491 g/mol. The maximum absolute atomic E-state index is 13.6. The molecule has 0 radical (unpaired) electrons. The Balaban J connectivity index is 1.74. The molecule has 1 amide bonds. The molecule has 1 aromatic heterocycles. The number of nitrogens with one attached hydrogen (secondary N) is 1. The Morgan fingerprint density at radius 3 is 2.52 bits per heavy atom. The number of anilines is 2. The molecular weight excluding hydrogens is 463 g/mol. The van der Waals surface area contributed by atoms with Crippen LogP contribution >= 0.6 is 23.2 Å². The smallest absolute Gasteiger partial charge is 0.330 e. The normalized spacial score (nSPS) is 21.4. The second-order valence-electron chi connectivity index (χ2n) is 9.09. The number of nitrogen functional groups attached to an aromatic ring is 1. The molecule has 2 aliphatic carbocycles. The summed E-state index contributed by atoms with van der Waals surface area (Å²) in [7, 11) is 0. The number of hydrogen-bond donors (Lipinski definition) is 2. The lowest BCUT2D eigenvalue weighted by molar-refractivity contribution is -0.123. The van der Waals surface area contributed by atoms with Crippen molar-refractivity contribution in [2.45, 2.75) is 56.3 Å². The van der Waals surface area contributed by atoms with E-state index in [0.717, 1.165) is 31.2 Å². The van der Waals surface area contributed by atoms with Crippen molar-refractivity contribution in [3.8, 4) is 0 Å². The molecule has 33 heavy (non-hydrogen) atoms. The van der Waals surface area contributed by atoms with Crippen LogP contribution in [0.3, 0.4) is 0 Å². The summed E-state index contributed by atoms with van der Waals surface area (Å²) in [6, 6.07) is 9.29. The van der Waals surface area contributed by atoms with Crippen LogP contribution in [-0.2, 0) is 11.3 Å². The van der Waals surface area contributed by atoms with Gasteiger partial charge in [-0.15, -0.1) is 23.2 Å². The number of benzene rings is 1. The largest absolute Gasteiger partial charge is 0.383 e. The number of carbonyl (C=O) groups is 1. The Bertz CT molecular complexity index is 1200. The van der Waals surface area contributed by atoms with Crippen molar-refractivity contribution in [3.05, 3.63) is 68.4 Å². The third kappa shape index (κ3) is 4.62. The van der Waals surface area contributed by atoms with Crippen molar-refractivity contribution in [3.63, 3.8) is 0 Å². The van der Waals surface area contributed by atoms with Gasteiger partial charge < -0.3 is 10.6 Å². The van der Waals surface area contributed by atoms with Crippen molar-refractivity contribution >= 4 is 40.6 Å². The zero-order valence-corrected chi connectivity index (χ0v) is 20.1. The lowest BCUT2D eigenvalue weighted by atomic mass is 9.96. The number of aromatic nitrogens is 2. The molecule has 2 aliphatic rings. The van der Waals surface area contributed by atoms with Gasteiger partial charge in [0, 0.05) is 6.54 Å². The molecule has 3 N–H and O–H groups in total. The van der Waals surface area contributed by atoms with E-state index < -0.39 is 21.0 Å². The Labute approximate surface area is 202 Å². The minimum absolute atomic E-state index is 0.0378. The van der Waals surface area contributed by atoms with Crippen LogP contribution in [0, 0.1) is 5.41 Å². The minimum atomic E-state index is -1.20. The zero-order chi connectivity index (χ0) is 23.8. The van der Waals surface area contributed by atoms with Crippen LogP contribution in [0.1, 0.15) is 51.0 Å². The molecule has 1 unspecified atom stereocenters. The lowest BCUT2D eigenvalue weighted by Crippen LogP contribution is -2.45. The maximum Gasteiger partial charge on any atom is 0.330 e. The quantitative estimate of drug-likeness (QED) is 0.452. The van der Waals surface area contributed by atoms with Crippen molar-refractivity contribution < 1.29 is 4.79 Å². The second-order valence-corrected chi connectivity index (χ2v) is 10.6. The molecule has 1 heterocycles. The summed E-state index contributed by atoms with van der Waals surface area (Å²) in [5.41, 5.74) is 6.06. The number of carbonyl (C=O) groups excluding carboxylic acids is 1. The number of halogens is 2. The first-order chi connectivity index (χ1) is 15.6. The van der Waals surface area contributed by atoms with Crippen molar-refractivity contribution in [1.29, 1.82) is 0 Å². The van der Waals surface area contributed by atoms with Gasteiger partial charge in [-0.25, -0.2) is 4.79 Å². The van der Waals surface area contributed by atoms with E-state index in [-0.39, 0.29) is 36.9 Å². The Kier molecular flexibility index (Phi) is 6.47. The summed E-state index contributed by atoms with van der Waals surface area (Å²) >= 11 is 12.6. The zero-order valence-electron chi connectivity index (χ0n) is 18.6. The first-order valence-electron chi connectivity index (χ1n) is 11.2. The molecule has 4 rings (SSSR count). The number of alkyl halides is 2. The molecule has 1 atom stereocenters. The molecule has 176 valence electrons. The van der Waals surface area contributed by atoms with Gasteiger partial charge in [0.1, 0.15) is 10.2 Å². The first kappa shape index (κ1) is 23.6. The number of amides is 1. The molecule has 0 bridgehead atoms. The second kappa shape index (κ2) is 9.03. The first-order valence-corrected chi connectivity index (χ1v) is 11.9. The number of aromatic amines is 1. The molecule has 0 saturated heterocycles. The van der Waals surface area contributed by atoms with Gasteiger partial charge >= 0.3 is 5.69 Å². The van der Waals surface area contributed by atoms with E-state index >= 15 is 0 Å². The fourth-order valence-corrected chi connectivity index (χ4v) is 5.09. The minimum Gasteiger partial charge on any atom is -0.383 e. The topological polar surface area (TPSA) is 101 Å². The summed E-state index contributed by atoms with van der Waals surface area (Å²) in [6.45, 7) is 2.10. The van der Waals surface area contributed by atoms with Crippen LogP contribution in [0.4, 0.5) is 11.5 Å². The van der Waals surface area contributed by atoms with Crippen LogP contribution in [-0.4, -0.2) is 26.3 Å². The third-order valence-corrected chi connectivity index (χ3v) is 7.79. The van der Waals surface area contributed by atoms with Crippen LogP contribution < -0.4 is 21.9 Å². The van der Waals surface area contributed by atoms with E-state index in [2.05, 4.69) is 11.1 Å². The number of rotatable bonds is 7. The maximum atomic E-state index is 13.6. The van der Waals surface area contributed by atoms with Gasteiger partial charge in [-0.1, -0.05) is 42.0 Å². The van der Waals surface area contributed by atoms with E-state index in [0.29, 0.717) is 6.42 Å². The number of hydrogen-bond acceptors (Lipinski definition) is 4. The van der Waals surface area contributed by atoms with Crippen LogP contribution in [0.2, 0.25) is 0 Å². The summed E-state index contributed by atoms with van der Waals surface area (Å²) in [5.74, 6) is -0.427. The van der Waals surface area contributed by atoms with E-state index in [4.69, 9.17) is 28.9 Å². The molecule has 7 nitrogen and oxygen atoms in total. The van der Waals surface area contributed by atoms with Gasteiger partial charge in [0.25, 0.3) is 5.56 Å². The van der Waals surface area contributed by atoms with Crippen LogP contribution in [0.25, 0.3) is 0 Å². The summed E-state index contributed by atoms with van der Waals surface area (Å²) in [4.78, 5) is 42.9. The van der Waals surface area contributed by atoms with Crippen molar-refractivity contribution in [2.75, 3.05) is 17.2 Å². The van der Waals surface area contributed by atoms with Crippen LogP contribution in [0.15, 0.2) is 51.6 Å². The SMILES string of the molecule is CC1(C(=O)N(CCC2=CCCCC2)c2c(N)n(Cc3ccccc3)c(=O)[nH]c2=O)CC1(Cl)Cl. The van der Waals surface area contributed by atoms with Gasteiger partial charge in [-0.05, 0) is 51.0 Å². The lowest BCUT2D eigenvalue weighted by Gasteiger charge is -2.28. The van der Waals surface area contributed by atoms with Gasteiger partial charge in [0.15, 0.2) is 5.69 Å².